The van der Waals surface area contributed by atoms with Gasteiger partial charge in [-0.15, -0.1) is 0 Å². The SMILES string of the molecule is COC(=O)c1c(OC)cc(OC)cc1C1NC(C(=O)O)(c2ccccc2)C2C(=O)N(C(C)(C)C)C(=O)C12. The van der Waals surface area contributed by atoms with Gasteiger partial charge in [-0.3, -0.25) is 19.8 Å². The maximum Gasteiger partial charge on any atom is 0.341 e. The highest BCUT2D eigenvalue weighted by atomic mass is 16.5. The summed E-state index contributed by atoms with van der Waals surface area (Å²) >= 11 is 0. The van der Waals surface area contributed by atoms with Gasteiger partial charge in [-0.1, -0.05) is 30.3 Å². The van der Waals surface area contributed by atoms with Gasteiger partial charge in [0.2, 0.25) is 11.8 Å². The second-order valence-electron chi connectivity index (χ2n) is 10.1. The number of nitrogens with one attached hydrogen (secondary N) is 1. The summed E-state index contributed by atoms with van der Waals surface area (Å²) < 4.78 is 15.9. The first-order chi connectivity index (χ1) is 17.4. The lowest BCUT2D eigenvalue weighted by Gasteiger charge is -2.35. The predicted octanol–water partition coefficient (Wildman–Crippen LogP) is 2.51. The summed E-state index contributed by atoms with van der Waals surface area (Å²) in [5, 5.41) is 13.8. The number of aliphatic carboxylic acids is 1. The van der Waals surface area contributed by atoms with Crippen molar-refractivity contribution in [2.45, 2.75) is 37.9 Å². The molecule has 2 amide bonds. The van der Waals surface area contributed by atoms with E-state index in [9.17, 15) is 24.3 Å². The number of nitrogens with zero attached hydrogens (tertiary/aromatic N) is 1. The molecule has 2 fully saturated rings. The lowest BCUT2D eigenvalue weighted by atomic mass is 9.75. The van der Waals surface area contributed by atoms with Crippen molar-refractivity contribution in [1.82, 2.24) is 10.2 Å². The molecule has 0 radical (unpaired) electrons. The maximum atomic E-state index is 13.9. The Labute approximate surface area is 214 Å². The molecule has 4 unspecified atom stereocenters. The normalized spacial score (nSPS) is 25.1. The van der Waals surface area contributed by atoms with Gasteiger partial charge < -0.3 is 19.3 Å². The van der Waals surface area contributed by atoms with Crippen LogP contribution in [0.25, 0.3) is 0 Å². The Balaban J connectivity index is 2.06. The predicted molar refractivity (Wildman–Crippen MR) is 131 cm³/mol. The van der Waals surface area contributed by atoms with E-state index in [4.69, 9.17) is 14.2 Å². The number of likely N-dealkylation sites (tertiary alicyclic amines) is 1. The van der Waals surface area contributed by atoms with Gasteiger partial charge in [0.15, 0.2) is 5.54 Å². The highest BCUT2D eigenvalue weighted by molar-refractivity contribution is 6.10. The number of benzene rings is 2. The minimum Gasteiger partial charge on any atom is -0.497 e. The van der Waals surface area contributed by atoms with E-state index < -0.39 is 52.7 Å². The van der Waals surface area contributed by atoms with Crippen molar-refractivity contribution in [3.05, 3.63) is 59.2 Å². The van der Waals surface area contributed by atoms with Crippen molar-refractivity contribution in [2.75, 3.05) is 21.3 Å². The van der Waals surface area contributed by atoms with Crippen molar-refractivity contribution in [3.8, 4) is 11.5 Å². The Morgan fingerprint density at radius 3 is 2.16 bits per heavy atom. The molecule has 0 saturated carbocycles. The molecule has 2 saturated heterocycles. The Morgan fingerprint density at radius 1 is 1.00 bits per heavy atom. The van der Waals surface area contributed by atoms with Crippen LogP contribution in [-0.4, -0.2) is 60.6 Å². The van der Waals surface area contributed by atoms with Crippen LogP contribution in [0.5, 0.6) is 11.5 Å². The monoisotopic (exact) mass is 510 g/mol. The fraction of sp³-hybridized carbons (Fsp3) is 0.407. The third-order valence-electron chi connectivity index (χ3n) is 7.08. The van der Waals surface area contributed by atoms with Crippen LogP contribution in [-0.2, 0) is 24.7 Å². The number of ether oxygens (including phenoxy) is 3. The summed E-state index contributed by atoms with van der Waals surface area (Å²) in [6, 6.07) is 10.2. The Bertz CT molecular complexity index is 1270. The third-order valence-corrected chi connectivity index (χ3v) is 7.08. The molecule has 10 nitrogen and oxygen atoms in total. The van der Waals surface area contributed by atoms with E-state index in [1.807, 2.05) is 0 Å². The molecule has 2 N–H and O–H groups in total. The molecule has 2 aliphatic rings. The average Bonchev–Trinajstić information content (AvgIpc) is 3.37. The standard InChI is InChI=1S/C27H30N2O8/c1-26(2,3)29-22(30)19-20(23(29)31)27(25(33)34,14-10-8-7-9-11-14)28-21(19)16-12-15(35-4)13-17(36-5)18(16)24(32)37-6/h7-13,19-21,28H,1-6H3,(H,33,34). The van der Waals surface area contributed by atoms with E-state index >= 15 is 0 Å². The zero-order valence-electron chi connectivity index (χ0n) is 21.5. The maximum absolute atomic E-state index is 13.9. The van der Waals surface area contributed by atoms with E-state index in [-0.39, 0.29) is 16.9 Å². The van der Waals surface area contributed by atoms with E-state index in [0.717, 1.165) is 4.90 Å². The number of carboxylic acid groups (broad SMARTS) is 1. The van der Waals surface area contributed by atoms with Gasteiger partial charge >= 0.3 is 11.9 Å². The molecular formula is C27H30N2O8. The molecule has 2 aliphatic heterocycles. The van der Waals surface area contributed by atoms with E-state index in [2.05, 4.69) is 5.32 Å². The number of fused-ring (bicyclic) bond motifs is 1. The summed E-state index contributed by atoms with van der Waals surface area (Å²) in [7, 11) is 4.00. The Hall–Kier alpha value is -3.92. The lowest BCUT2D eigenvalue weighted by molar-refractivity contribution is -0.154. The second kappa shape index (κ2) is 9.19. The van der Waals surface area contributed by atoms with Gasteiger partial charge in [-0.05, 0) is 38.0 Å². The van der Waals surface area contributed by atoms with Crippen molar-refractivity contribution >= 4 is 23.8 Å². The largest absolute Gasteiger partial charge is 0.497 e. The van der Waals surface area contributed by atoms with Crippen LogP contribution in [0.3, 0.4) is 0 Å². The van der Waals surface area contributed by atoms with Crippen LogP contribution in [0.2, 0.25) is 0 Å². The van der Waals surface area contributed by atoms with Crippen LogP contribution in [0.15, 0.2) is 42.5 Å². The van der Waals surface area contributed by atoms with Crippen molar-refractivity contribution in [2.24, 2.45) is 11.8 Å². The molecule has 10 heteroatoms. The molecule has 2 aromatic rings. The second-order valence-corrected chi connectivity index (χ2v) is 10.1. The molecule has 2 heterocycles. The molecule has 0 aromatic heterocycles. The van der Waals surface area contributed by atoms with Crippen LogP contribution in [0.1, 0.15) is 48.3 Å². The number of imide groups is 1. The number of carbonyl (C=O) groups is 4. The summed E-state index contributed by atoms with van der Waals surface area (Å²) in [4.78, 5) is 55.0. The first-order valence-electron chi connectivity index (χ1n) is 11.7. The molecule has 196 valence electrons. The van der Waals surface area contributed by atoms with Gasteiger partial charge in [0.05, 0.1) is 33.2 Å². The van der Waals surface area contributed by atoms with Gasteiger partial charge in [0.1, 0.15) is 17.1 Å². The number of carbonyl (C=O) groups excluding carboxylic acids is 3. The Kier molecular flexibility index (Phi) is 6.49. The summed E-state index contributed by atoms with van der Waals surface area (Å²) in [6.45, 7) is 5.14. The number of esters is 1. The summed E-state index contributed by atoms with van der Waals surface area (Å²) in [6.07, 6.45) is 0. The molecule has 0 aliphatic carbocycles. The molecule has 4 rings (SSSR count). The van der Waals surface area contributed by atoms with E-state index in [1.165, 1.54) is 33.5 Å². The van der Waals surface area contributed by atoms with Gasteiger partial charge in [-0.25, -0.2) is 9.59 Å². The highest BCUT2D eigenvalue weighted by Gasteiger charge is 2.70. The molecule has 0 bridgehead atoms. The van der Waals surface area contributed by atoms with E-state index in [0.29, 0.717) is 11.3 Å². The number of amides is 2. The zero-order chi connectivity index (χ0) is 27.3. The van der Waals surface area contributed by atoms with E-state index in [1.54, 1.807) is 51.1 Å². The third kappa shape index (κ3) is 3.83. The molecule has 0 spiro atoms. The van der Waals surface area contributed by atoms with Gasteiger partial charge in [-0.2, -0.15) is 0 Å². The van der Waals surface area contributed by atoms with Crippen LogP contribution < -0.4 is 14.8 Å². The number of rotatable bonds is 6. The van der Waals surface area contributed by atoms with Crippen LogP contribution >= 0.6 is 0 Å². The van der Waals surface area contributed by atoms with Gasteiger partial charge in [0, 0.05) is 17.6 Å². The topological polar surface area (TPSA) is 131 Å². The minimum atomic E-state index is -1.95. The first kappa shape index (κ1) is 26.2. The van der Waals surface area contributed by atoms with Crippen LogP contribution in [0.4, 0.5) is 0 Å². The molecular weight excluding hydrogens is 480 g/mol. The minimum absolute atomic E-state index is 0.00533. The molecule has 2 aromatic carbocycles. The summed E-state index contributed by atoms with van der Waals surface area (Å²) in [5.41, 5.74) is -2.31. The lowest BCUT2D eigenvalue weighted by Crippen LogP contribution is -2.55. The highest BCUT2D eigenvalue weighted by Crippen LogP contribution is 2.55. The summed E-state index contributed by atoms with van der Waals surface area (Å²) in [5.74, 6) is -5.18. The number of hydrogen-bond donors (Lipinski definition) is 2. The fourth-order valence-electron chi connectivity index (χ4n) is 5.58. The van der Waals surface area contributed by atoms with Gasteiger partial charge in [0.25, 0.3) is 0 Å². The zero-order valence-corrected chi connectivity index (χ0v) is 21.5. The number of carboxylic acids is 1. The first-order valence-corrected chi connectivity index (χ1v) is 11.7. The quantitative estimate of drug-likeness (QED) is 0.444. The van der Waals surface area contributed by atoms with Crippen LogP contribution in [0, 0.1) is 11.8 Å². The van der Waals surface area contributed by atoms with Crippen molar-refractivity contribution < 1.29 is 38.5 Å². The average molecular weight is 511 g/mol. The number of methoxy groups -OCH3 is 3. The van der Waals surface area contributed by atoms with Crippen molar-refractivity contribution in [1.29, 1.82) is 0 Å². The molecule has 37 heavy (non-hydrogen) atoms. The smallest absolute Gasteiger partial charge is 0.341 e. The fourth-order valence-corrected chi connectivity index (χ4v) is 5.58. The Morgan fingerprint density at radius 2 is 1.65 bits per heavy atom. The number of hydrogen-bond acceptors (Lipinski definition) is 8. The molecule has 4 atom stereocenters. The van der Waals surface area contributed by atoms with Crippen molar-refractivity contribution in [3.63, 3.8) is 0 Å².